The minimum atomic E-state index is -0.535. The van der Waals surface area contributed by atoms with Gasteiger partial charge in [-0.2, -0.15) is 4.98 Å². The second-order valence-corrected chi connectivity index (χ2v) is 4.44. The molecule has 6 heteroatoms. The van der Waals surface area contributed by atoms with Gasteiger partial charge >= 0.3 is 0 Å². The highest BCUT2D eigenvalue weighted by Crippen LogP contribution is 2.22. The van der Waals surface area contributed by atoms with Crippen molar-refractivity contribution in [1.82, 2.24) is 19.5 Å². The first-order chi connectivity index (χ1) is 9.06. The second kappa shape index (κ2) is 4.01. The highest BCUT2D eigenvalue weighted by Gasteiger charge is 2.12. The van der Waals surface area contributed by atoms with Crippen LogP contribution in [-0.4, -0.2) is 19.5 Å². The van der Waals surface area contributed by atoms with Crippen molar-refractivity contribution in [1.29, 1.82) is 0 Å². The van der Waals surface area contributed by atoms with Crippen LogP contribution in [0.15, 0.2) is 24.7 Å². The van der Waals surface area contributed by atoms with Gasteiger partial charge in [-0.1, -0.05) is 0 Å². The van der Waals surface area contributed by atoms with E-state index in [0.29, 0.717) is 0 Å². The molecule has 0 atom stereocenters. The van der Waals surface area contributed by atoms with Crippen LogP contribution in [-0.2, 0) is 0 Å². The van der Waals surface area contributed by atoms with Crippen LogP contribution >= 0.6 is 0 Å². The summed E-state index contributed by atoms with van der Waals surface area (Å²) in [5, 5.41) is 0. The number of hydrogen-bond acceptors (Lipinski definition) is 4. The maximum atomic E-state index is 13.8. The lowest BCUT2D eigenvalue weighted by Gasteiger charge is -2.06. The van der Waals surface area contributed by atoms with Crippen molar-refractivity contribution in [3.8, 4) is 5.82 Å². The third kappa shape index (κ3) is 1.81. The third-order valence-electron chi connectivity index (χ3n) is 3.14. The fraction of sp³-hybridized carbons (Fsp3) is 0.154. The van der Waals surface area contributed by atoms with E-state index in [1.807, 2.05) is 26.0 Å². The molecule has 0 radical (unpaired) electrons. The minimum absolute atomic E-state index is 0.0297. The summed E-state index contributed by atoms with van der Waals surface area (Å²) in [5.74, 6) is -0.396. The molecule has 0 aliphatic carbocycles. The van der Waals surface area contributed by atoms with Crippen molar-refractivity contribution in [2.45, 2.75) is 13.8 Å². The number of nitrogens with zero attached hydrogens (tertiary/aromatic N) is 4. The van der Waals surface area contributed by atoms with Crippen LogP contribution in [0.4, 0.5) is 10.3 Å². The minimum Gasteiger partial charge on any atom is -0.368 e. The van der Waals surface area contributed by atoms with Gasteiger partial charge in [0, 0.05) is 0 Å². The zero-order chi connectivity index (χ0) is 13.6. The number of hydrogen-bond donors (Lipinski definition) is 1. The normalized spacial score (nSPS) is 11.1. The summed E-state index contributed by atoms with van der Waals surface area (Å²) in [6.07, 6.45) is 2.60. The fourth-order valence-electron chi connectivity index (χ4n) is 1.97. The number of fused-ring (bicyclic) bond motifs is 1. The van der Waals surface area contributed by atoms with Crippen LogP contribution in [0.3, 0.4) is 0 Å². The Morgan fingerprint density at radius 2 is 1.89 bits per heavy atom. The van der Waals surface area contributed by atoms with Crippen molar-refractivity contribution in [2.24, 2.45) is 0 Å². The first-order valence-corrected chi connectivity index (χ1v) is 5.79. The molecule has 19 heavy (non-hydrogen) atoms. The summed E-state index contributed by atoms with van der Waals surface area (Å²) < 4.78 is 15.4. The number of rotatable bonds is 1. The van der Waals surface area contributed by atoms with Crippen molar-refractivity contribution < 1.29 is 4.39 Å². The van der Waals surface area contributed by atoms with Crippen LogP contribution in [0.2, 0.25) is 0 Å². The molecule has 0 aliphatic heterocycles. The molecule has 1 aromatic carbocycles. The number of aromatic nitrogens is 4. The van der Waals surface area contributed by atoms with E-state index in [1.54, 1.807) is 4.57 Å². The van der Waals surface area contributed by atoms with Gasteiger partial charge < -0.3 is 5.73 Å². The Morgan fingerprint density at radius 1 is 1.16 bits per heavy atom. The van der Waals surface area contributed by atoms with E-state index in [4.69, 9.17) is 5.73 Å². The molecule has 0 spiro atoms. The third-order valence-corrected chi connectivity index (χ3v) is 3.14. The van der Waals surface area contributed by atoms with Gasteiger partial charge in [-0.05, 0) is 37.1 Å². The lowest BCUT2D eigenvalue weighted by molar-refractivity contribution is 0.604. The molecule has 0 unspecified atom stereocenters. The van der Waals surface area contributed by atoms with Gasteiger partial charge in [0.25, 0.3) is 0 Å². The topological polar surface area (TPSA) is 69.6 Å². The van der Waals surface area contributed by atoms with Gasteiger partial charge in [-0.3, -0.25) is 4.57 Å². The van der Waals surface area contributed by atoms with E-state index in [-0.39, 0.29) is 11.8 Å². The van der Waals surface area contributed by atoms with Crippen molar-refractivity contribution >= 4 is 17.0 Å². The zero-order valence-electron chi connectivity index (χ0n) is 10.6. The van der Waals surface area contributed by atoms with E-state index in [2.05, 4.69) is 15.0 Å². The molecule has 3 aromatic rings. The lowest BCUT2D eigenvalue weighted by Crippen LogP contribution is -2.04. The molecule has 0 saturated heterocycles. The summed E-state index contributed by atoms with van der Waals surface area (Å²) in [7, 11) is 0. The van der Waals surface area contributed by atoms with E-state index < -0.39 is 5.82 Å². The molecular formula is C13H12FN5. The summed E-state index contributed by atoms with van der Waals surface area (Å²) in [6.45, 7) is 4.01. The van der Waals surface area contributed by atoms with Crippen molar-refractivity contribution in [2.75, 3.05) is 5.73 Å². The number of aryl methyl sites for hydroxylation is 2. The fourth-order valence-corrected chi connectivity index (χ4v) is 1.97. The highest BCUT2D eigenvalue weighted by molar-refractivity contribution is 5.79. The summed E-state index contributed by atoms with van der Waals surface area (Å²) in [4.78, 5) is 11.8. The van der Waals surface area contributed by atoms with E-state index in [0.717, 1.165) is 28.4 Å². The molecule has 3 rings (SSSR count). The Labute approximate surface area is 108 Å². The Balaban J connectivity index is 2.31. The van der Waals surface area contributed by atoms with Crippen LogP contribution < -0.4 is 5.73 Å². The van der Waals surface area contributed by atoms with E-state index in [1.165, 1.54) is 6.33 Å². The standard InChI is InChI=1S/C13H12FN5/c1-7-3-10-11(4-8(7)2)19(6-17-10)12-9(14)5-16-13(15)18-12/h3-6H,1-2H3,(H2,15,16,18). The maximum absolute atomic E-state index is 13.8. The highest BCUT2D eigenvalue weighted by atomic mass is 19.1. The van der Waals surface area contributed by atoms with Crippen LogP contribution in [0.1, 0.15) is 11.1 Å². The maximum Gasteiger partial charge on any atom is 0.222 e. The molecular weight excluding hydrogens is 245 g/mol. The monoisotopic (exact) mass is 257 g/mol. The number of anilines is 1. The molecule has 0 fully saturated rings. The molecule has 0 amide bonds. The average Bonchev–Trinajstić information content (AvgIpc) is 2.76. The molecule has 5 nitrogen and oxygen atoms in total. The van der Waals surface area contributed by atoms with Crippen molar-refractivity contribution in [3.05, 3.63) is 41.6 Å². The van der Waals surface area contributed by atoms with Gasteiger partial charge in [0.1, 0.15) is 6.33 Å². The summed E-state index contributed by atoms with van der Waals surface area (Å²) >= 11 is 0. The quantitative estimate of drug-likeness (QED) is 0.725. The molecule has 0 saturated carbocycles. The number of halogens is 1. The van der Waals surface area contributed by atoms with E-state index in [9.17, 15) is 4.39 Å². The van der Waals surface area contributed by atoms with Crippen LogP contribution in [0.25, 0.3) is 16.9 Å². The molecule has 2 heterocycles. The molecule has 0 aliphatic rings. The van der Waals surface area contributed by atoms with Gasteiger partial charge in [0.2, 0.25) is 5.95 Å². The summed E-state index contributed by atoms with van der Waals surface area (Å²) in [5.41, 5.74) is 9.34. The Kier molecular flexibility index (Phi) is 2.45. The van der Waals surface area contributed by atoms with Gasteiger partial charge in [-0.25, -0.2) is 14.4 Å². The Hall–Kier alpha value is -2.50. The van der Waals surface area contributed by atoms with E-state index >= 15 is 0 Å². The average molecular weight is 257 g/mol. The van der Waals surface area contributed by atoms with Gasteiger partial charge in [0.05, 0.1) is 17.2 Å². The summed E-state index contributed by atoms with van der Waals surface area (Å²) in [6, 6.07) is 3.92. The number of nitrogens with two attached hydrogens (primary N) is 1. The van der Waals surface area contributed by atoms with Gasteiger partial charge in [-0.15, -0.1) is 0 Å². The van der Waals surface area contributed by atoms with Crippen LogP contribution in [0, 0.1) is 19.7 Å². The predicted molar refractivity (Wildman–Crippen MR) is 70.5 cm³/mol. The largest absolute Gasteiger partial charge is 0.368 e. The zero-order valence-corrected chi connectivity index (χ0v) is 10.6. The number of benzene rings is 1. The first kappa shape index (κ1) is 11.6. The first-order valence-electron chi connectivity index (χ1n) is 5.79. The molecule has 2 aromatic heterocycles. The predicted octanol–water partition coefficient (Wildman–Crippen LogP) is 2.15. The Bertz CT molecular complexity index is 778. The molecule has 2 N–H and O–H groups in total. The Morgan fingerprint density at radius 3 is 2.68 bits per heavy atom. The number of nitrogen functional groups attached to an aromatic ring is 1. The molecule has 0 bridgehead atoms. The smallest absolute Gasteiger partial charge is 0.222 e. The van der Waals surface area contributed by atoms with Crippen LogP contribution in [0.5, 0.6) is 0 Å². The second-order valence-electron chi connectivity index (χ2n) is 4.44. The van der Waals surface area contributed by atoms with Gasteiger partial charge in [0.15, 0.2) is 11.6 Å². The molecule has 96 valence electrons. The SMILES string of the molecule is Cc1cc2ncn(-c3nc(N)ncc3F)c2cc1C. The van der Waals surface area contributed by atoms with Crippen molar-refractivity contribution in [3.63, 3.8) is 0 Å². The number of imidazole rings is 1. The lowest BCUT2D eigenvalue weighted by atomic mass is 10.1.